The largest absolute Gasteiger partial charge is 0.507 e. The van der Waals surface area contributed by atoms with Gasteiger partial charge in [-0.15, -0.1) is 0 Å². The number of hydrogen-bond donors (Lipinski definition) is 4. The average Bonchev–Trinajstić information content (AvgIpc) is 2.83. The minimum Gasteiger partial charge on any atom is -0.507 e. The van der Waals surface area contributed by atoms with Crippen molar-refractivity contribution in [3.05, 3.63) is 47.5 Å². The number of aromatic hydroxyl groups is 2. The summed E-state index contributed by atoms with van der Waals surface area (Å²) in [5.41, 5.74) is 6.67. The number of nitrogens with one attached hydrogen (secondary N) is 2. The fraction of sp³-hybridized carbons (Fsp3) is 0.333. The molecule has 10 nitrogen and oxygen atoms in total. The Morgan fingerprint density at radius 3 is 1.38 bits per heavy atom. The van der Waals surface area contributed by atoms with Crippen molar-refractivity contribution in [2.45, 2.75) is 27.7 Å². The van der Waals surface area contributed by atoms with Gasteiger partial charge in [-0.05, 0) is 52.0 Å². The van der Waals surface area contributed by atoms with Gasteiger partial charge >= 0.3 is 11.8 Å². The number of carbonyl (C=O) groups excluding carboxylic acids is 2. The lowest BCUT2D eigenvalue weighted by Crippen LogP contribution is -2.35. The van der Waals surface area contributed by atoms with Gasteiger partial charge in [-0.1, -0.05) is 0 Å². The van der Waals surface area contributed by atoms with Crippen LogP contribution in [-0.2, 0) is 9.59 Å². The number of hydrogen-bond acceptors (Lipinski definition) is 8. The summed E-state index contributed by atoms with van der Waals surface area (Å²) < 4.78 is 0. The molecule has 0 heterocycles. The number of rotatable bonds is 10. The molecular weight excluding hydrogens is 436 g/mol. The number of benzene rings is 2. The fourth-order valence-electron chi connectivity index (χ4n) is 3.28. The zero-order chi connectivity index (χ0) is 25.1. The van der Waals surface area contributed by atoms with Gasteiger partial charge < -0.3 is 20.0 Å². The standard InChI is InChI=1S/C24H32N6O4/c1-5-29(6-2)19-11-9-17(21(31)13-19)15-25-27-23(33)24(34)28-26-16-18-10-12-20(14-22(18)32)30(7-3)8-4/h9-16,31-32H,5-8H2,1-4H3,(H,27,33)(H,28,34)/b25-15+,26-16?. The zero-order valence-corrected chi connectivity index (χ0v) is 19.9. The molecule has 0 aromatic heterocycles. The predicted molar refractivity (Wildman–Crippen MR) is 135 cm³/mol. The number of phenols is 2. The maximum atomic E-state index is 11.9. The van der Waals surface area contributed by atoms with E-state index in [1.807, 2.05) is 39.8 Å². The molecule has 0 radical (unpaired) electrons. The van der Waals surface area contributed by atoms with E-state index in [1.54, 1.807) is 24.3 Å². The van der Waals surface area contributed by atoms with Gasteiger partial charge in [0.1, 0.15) is 11.5 Å². The van der Waals surface area contributed by atoms with E-state index in [-0.39, 0.29) is 11.5 Å². The highest BCUT2D eigenvalue weighted by atomic mass is 16.3. The van der Waals surface area contributed by atoms with Gasteiger partial charge in [-0.25, -0.2) is 10.9 Å². The van der Waals surface area contributed by atoms with E-state index in [1.165, 1.54) is 12.4 Å². The highest BCUT2D eigenvalue weighted by Gasteiger charge is 2.12. The van der Waals surface area contributed by atoms with Crippen LogP contribution in [0.5, 0.6) is 11.5 Å². The van der Waals surface area contributed by atoms with Gasteiger partial charge in [0, 0.05) is 60.8 Å². The van der Waals surface area contributed by atoms with Crippen molar-refractivity contribution in [1.82, 2.24) is 10.9 Å². The van der Waals surface area contributed by atoms with Gasteiger partial charge in [-0.3, -0.25) is 9.59 Å². The van der Waals surface area contributed by atoms with Crippen molar-refractivity contribution in [3.8, 4) is 11.5 Å². The Bertz CT molecular complexity index is 962. The summed E-state index contributed by atoms with van der Waals surface area (Å²) in [6.45, 7) is 11.3. The topological polar surface area (TPSA) is 130 Å². The van der Waals surface area contributed by atoms with E-state index < -0.39 is 11.8 Å². The van der Waals surface area contributed by atoms with Crippen molar-refractivity contribution in [2.75, 3.05) is 36.0 Å². The van der Waals surface area contributed by atoms with Crippen LogP contribution in [0.3, 0.4) is 0 Å². The van der Waals surface area contributed by atoms with Gasteiger partial charge in [0.05, 0.1) is 12.4 Å². The van der Waals surface area contributed by atoms with E-state index in [4.69, 9.17) is 0 Å². The molecule has 0 saturated heterocycles. The third-order valence-electron chi connectivity index (χ3n) is 5.23. The van der Waals surface area contributed by atoms with Crippen molar-refractivity contribution < 1.29 is 19.8 Å². The van der Waals surface area contributed by atoms with E-state index >= 15 is 0 Å². The van der Waals surface area contributed by atoms with Crippen LogP contribution in [0.1, 0.15) is 38.8 Å². The summed E-state index contributed by atoms with van der Waals surface area (Å²) in [7, 11) is 0. The molecule has 2 rings (SSSR count). The third-order valence-corrected chi connectivity index (χ3v) is 5.23. The summed E-state index contributed by atoms with van der Waals surface area (Å²) in [6.07, 6.45) is 2.48. The summed E-state index contributed by atoms with van der Waals surface area (Å²) in [4.78, 5) is 28.0. The Morgan fingerprint density at radius 1 is 0.735 bits per heavy atom. The fourth-order valence-corrected chi connectivity index (χ4v) is 3.28. The molecule has 0 aliphatic carbocycles. The first-order chi connectivity index (χ1) is 16.3. The highest BCUT2D eigenvalue weighted by Crippen LogP contribution is 2.24. The van der Waals surface area contributed by atoms with Crippen molar-refractivity contribution in [3.63, 3.8) is 0 Å². The molecule has 10 heteroatoms. The van der Waals surface area contributed by atoms with Gasteiger partial charge in [0.25, 0.3) is 0 Å². The van der Waals surface area contributed by atoms with Gasteiger partial charge in [0.15, 0.2) is 0 Å². The highest BCUT2D eigenvalue weighted by molar-refractivity contribution is 6.35. The van der Waals surface area contributed by atoms with Crippen molar-refractivity contribution >= 4 is 35.6 Å². The maximum Gasteiger partial charge on any atom is 0.331 e. The van der Waals surface area contributed by atoms with Crippen LogP contribution in [0.2, 0.25) is 0 Å². The summed E-state index contributed by atoms with van der Waals surface area (Å²) in [5.74, 6) is -2.06. The maximum absolute atomic E-state index is 11.9. The first kappa shape index (κ1) is 26.2. The van der Waals surface area contributed by atoms with E-state index in [9.17, 15) is 19.8 Å². The SMILES string of the molecule is CCN(CC)c1ccc(C=NNC(=O)C(=O)N/N=C/c2ccc(N(CC)CC)cc2O)c(O)c1. The van der Waals surface area contributed by atoms with Crippen molar-refractivity contribution in [2.24, 2.45) is 10.2 Å². The lowest BCUT2D eigenvalue weighted by atomic mass is 10.2. The number of anilines is 2. The first-order valence-corrected chi connectivity index (χ1v) is 11.2. The molecule has 0 saturated carbocycles. The molecule has 2 amide bonds. The average molecular weight is 469 g/mol. The molecule has 0 aliphatic rings. The Labute approximate surface area is 199 Å². The van der Waals surface area contributed by atoms with Crippen LogP contribution < -0.4 is 20.7 Å². The second kappa shape index (κ2) is 12.8. The molecule has 0 spiro atoms. The number of amides is 2. The molecular formula is C24H32N6O4. The summed E-state index contributed by atoms with van der Waals surface area (Å²) >= 11 is 0. The van der Waals surface area contributed by atoms with Gasteiger partial charge in [-0.2, -0.15) is 10.2 Å². The van der Waals surface area contributed by atoms with Crippen LogP contribution >= 0.6 is 0 Å². The molecule has 0 bridgehead atoms. The van der Waals surface area contributed by atoms with Crippen LogP contribution in [0, 0.1) is 0 Å². The second-order valence-corrected chi connectivity index (χ2v) is 7.23. The molecule has 0 fully saturated rings. The lowest BCUT2D eigenvalue weighted by Gasteiger charge is -2.21. The minimum absolute atomic E-state index is 0.00303. The Balaban J connectivity index is 1.91. The molecule has 2 aromatic carbocycles. The molecule has 4 N–H and O–H groups in total. The van der Waals surface area contributed by atoms with Crippen LogP contribution in [0.4, 0.5) is 11.4 Å². The Hall–Kier alpha value is -4.08. The smallest absolute Gasteiger partial charge is 0.331 e. The predicted octanol–water partition coefficient (Wildman–Crippen LogP) is 2.39. The Kier molecular flexibility index (Phi) is 9.88. The quantitative estimate of drug-likeness (QED) is 0.241. The van der Waals surface area contributed by atoms with Crippen LogP contribution in [0.15, 0.2) is 46.6 Å². The second-order valence-electron chi connectivity index (χ2n) is 7.23. The van der Waals surface area contributed by atoms with E-state index in [0.717, 1.165) is 37.6 Å². The molecule has 0 unspecified atom stereocenters. The molecule has 34 heavy (non-hydrogen) atoms. The molecule has 0 atom stereocenters. The first-order valence-electron chi connectivity index (χ1n) is 11.2. The summed E-state index contributed by atoms with van der Waals surface area (Å²) in [6, 6.07) is 10.2. The normalized spacial score (nSPS) is 11.1. The minimum atomic E-state index is -1.03. The molecule has 0 aliphatic heterocycles. The number of nitrogens with zero attached hydrogens (tertiary/aromatic N) is 4. The van der Waals surface area contributed by atoms with Crippen molar-refractivity contribution in [1.29, 1.82) is 0 Å². The van der Waals surface area contributed by atoms with E-state index in [2.05, 4.69) is 30.9 Å². The van der Waals surface area contributed by atoms with Gasteiger partial charge in [0.2, 0.25) is 0 Å². The zero-order valence-electron chi connectivity index (χ0n) is 19.9. The monoisotopic (exact) mass is 468 g/mol. The molecule has 2 aromatic rings. The lowest BCUT2D eigenvalue weighted by molar-refractivity contribution is -0.139. The number of carbonyl (C=O) groups is 2. The number of phenolic OH excluding ortho intramolecular Hbond substituents is 2. The Morgan fingerprint density at radius 2 is 1.09 bits per heavy atom. The summed E-state index contributed by atoms with van der Waals surface area (Å²) in [5, 5.41) is 27.8. The van der Waals surface area contributed by atoms with Crippen LogP contribution in [-0.4, -0.2) is 60.6 Å². The number of hydrazone groups is 2. The molecule has 182 valence electrons. The van der Waals surface area contributed by atoms with E-state index in [0.29, 0.717) is 11.1 Å². The third kappa shape index (κ3) is 6.96. The van der Waals surface area contributed by atoms with Crippen LogP contribution in [0.25, 0.3) is 0 Å².